The smallest absolute Gasteiger partial charge is 0.397 e. The number of halogens is 4. The molecule has 4 rings (SSSR count). The van der Waals surface area contributed by atoms with E-state index >= 15 is 0 Å². The Bertz CT molecular complexity index is 1040. The Morgan fingerprint density at radius 2 is 2.04 bits per heavy atom. The first-order chi connectivity index (χ1) is 12.8. The van der Waals surface area contributed by atoms with Crippen molar-refractivity contribution < 1.29 is 13.2 Å². The van der Waals surface area contributed by atoms with E-state index in [9.17, 15) is 13.2 Å². The average Bonchev–Trinajstić information content (AvgIpc) is 3.03. The number of nitrogen functional groups attached to an aromatic ring is 1. The molecule has 9 heteroatoms. The first-order valence-electron chi connectivity index (χ1n) is 8.38. The van der Waals surface area contributed by atoms with Crippen LogP contribution in [0.2, 0.25) is 5.02 Å². The summed E-state index contributed by atoms with van der Waals surface area (Å²) in [6.07, 6.45) is -0.187. The van der Waals surface area contributed by atoms with Crippen molar-refractivity contribution in [2.24, 2.45) is 4.99 Å². The van der Waals surface area contributed by atoms with Crippen LogP contribution in [-0.2, 0) is 6.18 Å². The van der Waals surface area contributed by atoms with Gasteiger partial charge in [0, 0.05) is 10.9 Å². The third kappa shape index (κ3) is 3.37. The Labute approximate surface area is 157 Å². The minimum atomic E-state index is -4.57. The quantitative estimate of drug-likeness (QED) is 0.638. The molecule has 0 spiro atoms. The third-order valence-corrected chi connectivity index (χ3v) is 4.90. The lowest BCUT2D eigenvalue weighted by Crippen LogP contribution is -2.21. The highest BCUT2D eigenvalue weighted by atomic mass is 35.5. The van der Waals surface area contributed by atoms with Crippen LogP contribution >= 0.6 is 11.6 Å². The largest absolute Gasteiger partial charge is 0.433 e. The van der Waals surface area contributed by atoms with Gasteiger partial charge in [-0.3, -0.25) is 10.1 Å². The van der Waals surface area contributed by atoms with Gasteiger partial charge in [-0.1, -0.05) is 11.6 Å². The molecule has 0 radical (unpaired) electrons. The van der Waals surface area contributed by atoms with Crippen molar-refractivity contribution in [1.82, 2.24) is 15.2 Å². The van der Waals surface area contributed by atoms with Crippen molar-refractivity contribution in [2.75, 3.05) is 5.73 Å². The Morgan fingerprint density at radius 3 is 2.70 bits per heavy atom. The van der Waals surface area contributed by atoms with Crippen LogP contribution in [0.3, 0.4) is 0 Å². The zero-order chi connectivity index (χ0) is 19.2. The van der Waals surface area contributed by atoms with Crippen molar-refractivity contribution in [2.45, 2.75) is 31.5 Å². The maximum absolute atomic E-state index is 13.2. The molecule has 1 saturated carbocycles. The Hall–Kier alpha value is -2.61. The van der Waals surface area contributed by atoms with E-state index in [0.29, 0.717) is 21.8 Å². The van der Waals surface area contributed by atoms with Crippen LogP contribution in [-0.4, -0.2) is 26.9 Å². The van der Waals surface area contributed by atoms with Crippen molar-refractivity contribution in [1.29, 1.82) is 0 Å². The molecule has 3 N–H and O–H groups in total. The second-order valence-corrected chi connectivity index (χ2v) is 6.89. The lowest BCUT2D eigenvalue weighted by atomic mass is 9.93. The zero-order valence-electron chi connectivity index (χ0n) is 14.0. The lowest BCUT2D eigenvalue weighted by molar-refractivity contribution is -0.141. The molecule has 0 saturated heterocycles. The minimum Gasteiger partial charge on any atom is -0.397 e. The number of rotatable bonds is 3. The monoisotopic (exact) mass is 393 g/mol. The number of alkyl halides is 3. The first-order valence-corrected chi connectivity index (χ1v) is 8.75. The summed E-state index contributed by atoms with van der Waals surface area (Å²) in [6, 6.07) is 5.52. The van der Waals surface area contributed by atoms with Gasteiger partial charge in [-0.15, -0.1) is 0 Å². The van der Waals surface area contributed by atoms with E-state index in [1.807, 2.05) is 0 Å². The zero-order valence-corrected chi connectivity index (χ0v) is 14.8. The SMILES string of the molecule is Nc1ccc(C(F)(F)F)nc1C(=NC1CCC1)c1cc(Cl)c2[nH]ncc2c1. The molecule has 2 heterocycles. The molecule has 3 aromatic rings. The number of nitrogens with zero attached hydrogens (tertiary/aromatic N) is 3. The molecular formula is C18H15ClF3N5. The predicted octanol–water partition coefficient (Wildman–Crippen LogP) is 4.60. The van der Waals surface area contributed by atoms with E-state index in [1.54, 1.807) is 18.3 Å². The topological polar surface area (TPSA) is 80.0 Å². The second-order valence-electron chi connectivity index (χ2n) is 6.49. The molecule has 140 valence electrons. The maximum Gasteiger partial charge on any atom is 0.433 e. The van der Waals surface area contributed by atoms with Gasteiger partial charge >= 0.3 is 6.18 Å². The molecule has 1 aliphatic rings. The number of fused-ring (bicyclic) bond motifs is 1. The summed E-state index contributed by atoms with van der Waals surface area (Å²) in [5.74, 6) is 0. The summed E-state index contributed by atoms with van der Waals surface area (Å²) in [7, 11) is 0. The number of nitrogens with one attached hydrogen (secondary N) is 1. The molecule has 0 amide bonds. The van der Waals surface area contributed by atoms with E-state index in [0.717, 1.165) is 30.7 Å². The molecule has 2 aromatic heterocycles. The van der Waals surface area contributed by atoms with Gasteiger partial charge < -0.3 is 5.73 Å². The summed E-state index contributed by atoms with van der Waals surface area (Å²) in [4.78, 5) is 8.44. The van der Waals surface area contributed by atoms with E-state index in [1.165, 1.54) is 6.07 Å². The number of anilines is 1. The highest BCUT2D eigenvalue weighted by molar-refractivity contribution is 6.35. The van der Waals surface area contributed by atoms with Gasteiger partial charge in [-0.2, -0.15) is 18.3 Å². The van der Waals surface area contributed by atoms with E-state index in [2.05, 4.69) is 20.2 Å². The molecule has 1 aliphatic carbocycles. The summed E-state index contributed by atoms with van der Waals surface area (Å²) in [6.45, 7) is 0. The number of benzene rings is 1. The fourth-order valence-electron chi connectivity index (χ4n) is 2.94. The van der Waals surface area contributed by atoms with Gasteiger partial charge in [0.2, 0.25) is 0 Å². The number of aromatic nitrogens is 3. The van der Waals surface area contributed by atoms with Crippen LogP contribution < -0.4 is 5.73 Å². The van der Waals surface area contributed by atoms with E-state index < -0.39 is 11.9 Å². The minimum absolute atomic E-state index is 0.00985. The fourth-order valence-corrected chi connectivity index (χ4v) is 3.21. The Kier molecular flexibility index (Phi) is 4.30. The molecule has 0 unspecified atom stereocenters. The van der Waals surface area contributed by atoms with E-state index in [4.69, 9.17) is 17.3 Å². The number of nitrogens with two attached hydrogens (primary N) is 1. The van der Waals surface area contributed by atoms with Crippen LogP contribution in [0, 0.1) is 0 Å². The van der Waals surface area contributed by atoms with Crippen molar-refractivity contribution in [3.63, 3.8) is 0 Å². The molecule has 0 atom stereocenters. The standard InChI is InChI=1S/C18H15ClF3N5/c19-12-7-9(6-10-8-24-27-15(10)12)16(25-11-2-1-3-11)17-13(23)4-5-14(26-17)18(20,21)22/h4-8,11H,1-3,23H2,(H,24,27). The lowest BCUT2D eigenvalue weighted by Gasteiger charge is -2.23. The number of aliphatic imine (C=N–C) groups is 1. The Balaban J connectivity index is 1.91. The number of aromatic amines is 1. The van der Waals surface area contributed by atoms with Crippen molar-refractivity contribution in [3.05, 3.63) is 52.4 Å². The number of H-pyrrole nitrogens is 1. The van der Waals surface area contributed by atoms with Crippen molar-refractivity contribution >= 4 is 33.9 Å². The summed E-state index contributed by atoms with van der Waals surface area (Å²) >= 11 is 6.31. The summed E-state index contributed by atoms with van der Waals surface area (Å²) < 4.78 is 39.5. The summed E-state index contributed by atoms with van der Waals surface area (Å²) in [5, 5.41) is 7.86. The first kappa shape index (κ1) is 17.8. The Morgan fingerprint density at radius 1 is 1.26 bits per heavy atom. The number of pyridine rings is 1. The summed E-state index contributed by atoms with van der Waals surface area (Å²) in [5.41, 5.74) is 6.62. The van der Waals surface area contributed by atoms with Gasteiger partial charge in [0.25, 0.3) is 0 Å². The van der Waals surface area contributed by atoms with Gasteiger partial charge in [-0.05, 0) is 43.5 Å². The van der Waals surface area contributed by atoms with Gasteiger partial charge in [0.15, 0.2) is 0 Å². The highest BCUT2D eigenvalue weighted by Gasteiger charge is 2.33. The van der Waals surface area contributed by atoms with Gasteiger partial charge in [-0.25, -0.2) is 4.98 Å². The fraction of sp³-hybridized carbons (Fsp3) is 0.278. The molecule has 0 aliphatic heterocycles. The predicted molar refractivity (Wildman–Crippen MR) is 98.0 cm³/mol. The number of hydrogen-bond donors (Lipinski definition) is 2. The van der Waals surface area contributed by atoms with Crippen LogP contribution in [0.4, 0.5) is 18.9 Å². The van der Waals surface area contributed by atoms with Crippen molar-refractivity contribution in [3.8, 4) is 0 Å². The highest BCUT2D eigenvalue weighted by Crippen LogP contribution is 2.32. The van der Waals surface area contributed by atoms with Crippen LogP contribution in [0.25, 0.3) is 10.9 Å². The average molecular weight is 394 g/mol. The van der Waals surface area contributed by atoms with E-state index in [-0.39, 0.29) is 17.4 Å². The molecule has 5 nitrogen and oxygen atoms in total. The van der Waals surface area contributed by atoms with Gasteiger partial charge in [0.05, 0.1) is 34.2 Å². The van der Waals surface area contributed by atoms with Crippen LogP contribution in [0.1, 0.15) is 36.2 Å². The number of hydrogen-bond acceptors (Lipinski definition) is 4. The second kappa shape index (κ2) is 6.53. The maximum atomic E-state index is 13.2. The molecular weight excluding hydrogens is 379 g/mol. The molecule has 1 fully saturated rings. The normalized spacial score (nSPS) is 15.9. The molecule has 1 aromatic carbocycles. The molecule has 0 bridgehead atoms. The van der Waals surface area contributed by atoms with Crippen LogP contribution in [0.5, 0.6) is 0 Å². The van der Waals surface area contributed by atoms with Crippen LogP contribution in [0.15, 0.2) is 35.5 Å². The molecule has 27 heavy (non-hydrogen) atoms. The third-order valence-electron chi connectivity index (χ3n) is 4.60. The van der Waals surface area contributed by atoms with Gasteiger partial charge in [0.1, 0.15) is 11.4 Å².